The molecule has 4 aliphatic carbocycles. The molecule has 0 bridgehead atoms. The fourth-order valence-corrected chi connectivity index (χ4v) is 8.93. The molecular formula is C29H54O2. The molecule has 2 N–H and O–H groups in total. The number of hydrogen-bond acceptors (Lipinski definition) is 2. The van der Waals surface area contributed by atoms with E-state index in [1.54, 1.807) is 0 Å². The minimum Gasteiger partial charge on any atom is -0.393 e. The molecule has 4 aliphatic rings. The summed E-state index contributed by atoms with van der Waals surface area (Å²) in [6, 6.07) is 0. The molecule has 2 nitrogen and oxygen atoms in total. The zero-order valence-electron chi connectivity index (χ0n) is 21.7. The van der Waals surface area contributed by atoms with Crippen LogP contribution in [0.1, 0.15) is 125 Å². The largest absolute Gasteiger partial charge is 0.393 e. The van der Waals surface area contributed by atoms with Crippen molar-refractivity contribution in [2.24, 2.45) is 46.3 Å². The Morgan fingerprint density at radius 2 is 1.55 bits per heavy atom. The zero-order valence-corrected chi connectivity index (χ0v) is 21.7. The first-order chi connectivity index (χ1) is 14.8. The Kier molecular flexibility index (Phi) is 8.62. The summed E-state index contributed by atoms with van der Waals surface area (Å²) in [6.45, 7) is 13.6. The normalized spacial score (nSPS) is 45.6. The lowest BCUT2D eigenvalue weighted by molar-refractivity contribution is -0.151. The lowest BCUT2D eigenvalue weighted by Crippen LogP contribution is -2.56. The highest BCUT2D eigenvalue weighted by Crippen LogP contribution is 2.66. The standard InChI is InChI=1S/C27H48O2.C2H6/c1-18(2)25(29)10-6-8-19-7-5-9-23-22-12-11-20-17-21(28)13-15-27(20,4)24(22)14-16-26(19,23)3;1-2/h18-25,28-29H,5-17H2,1-4H3;1-2H3. The molecule has 0 saturated heterocycles. The van der Waals surface area contributed by atoms with Gasteiger partial charge in [0.05, 0.1) is 12.2 Å². The van der Waals surface area contributed by atoms with Crippen LogP contribution in [-0.4, -0.2) is 22.4 Å². The summed E-state index contributed by atoms with van der Waals surface area (Å²) in [5, 5.41) is 20.5. The van der Waals surface area contributed by atoms with Crippen LogP contribution in [0.2, 0.25) is 0 Å². The molecule has 182 valence electrons. The molecule has 31 heavy (non-hydrogen) atoms. The van der Waals surface area contributed by atoms with Crippen LogP contribution in [0.15, 0.2) is 0 Å². The quantitative estimate of drug-likeness (QED) is 0.467. The average Bonchev–Trinajstić information content (AvgIpc) is 2.75. The van der Waals surface area contributed by atoms with Crippen molar-refractivity contribution in [2.45, 2.75) is 137 Å². The summed E-state index contributed by atoms with van der Waals surface area (Å²) in [5.41, 5.74) is 1.04. The molecule has 4 rings (SSSR count). The van der Waals surface area contributed by atoms with Gasteiger partial charge >= 0.3 is 0 Å². The summed E-state index contributed by atoms with van der Waals surface area (Å²) in [4.78, 5) is 0. The second kappa shape index (κ2) is 10.5. The maximum absolute atomic E-state index is 10.3. The molecule has 4 saturated carbocycles. The number of aliphatic hydroxyl groups excluding tert-OH is 2. The summed E-state index contributed by atoms with van der Waals surface area (Å²) in [6.07, 6.45) is 16.7. The van der Waals surface area contributed by atoms with Crippen LogP contribution in [0.25, 0.3) is 0 Å². The van der Waals surface area contributed by atoms with Gasteiger partial charge in [0, 0.05) is 0 Å². The summed E-state index contributed by atoms with van der Waals surface area (Å²) in [7, 11) is 0. The van der Waals surface area contributed by atoms with Gasteiger partial charge in [-0.25, -0.2) is 0 Å². The van der Waals surface area contributed by atoms with Gasteiger partial charge in [-0.1, -0.05) is 54.4 Å². The Hall–Kier alpha value is -0.0800. The Bertz CT molecular complexity index is 559. The van der Waals surface area contributed by atoms with Crippen LogP contribution >= 0.6 is 0 Å². The Morgan fingerprint density at radius 1 is 0.871 bits per heavy atom. The summed E-state index contributed by atoms with van der Waals surface area (Å²) >= 11 is 0. The maximum Gasteiger partial charge on any atom is 0.0563 e. The third-order valence-corrected chi connectivity index (χ3v) is 10.9. The van der Waals surface area contributed by atoms with E-state index in [0.717, 1.165) is 48.9 Å². The number of fused-ring (bicyclic) bond motifs is 5. The first-order valence-corrected chi connectivity index (χ1v) is 14.1. The first-order valence-electron chi connectivity index (χ1n) is 14.1. The van der Waals surface area contributed by atoms with Gasteiger partial charge in [0.25, 0.3) is 0 Å². The third kappa shape index (κ3) is 4.91. The molecule has 9 atom stereocenters. The van der Waals surface area contributed by atoms with Crippen molar-refractivity contribution < 1.29 is 10.2 Å². The predicted octanol–water partition coefficient (Wildman–Crippen LogP) is 7.61. The van der Waals surface area contributed by atoms with E-state index in [2.05, 4.69) is 27.7 Å². The van der Waals surface area contributed by atoms with E-state index in [9.17, 15) is 10.2 Å². The van der Waals surface area contributed by atoms with Gasteiger partial charge in [-0.15, -0.1) is 0 Å². The summed E-state index contributed by atoms with van der Waals surface area (Å²) < 4.78 is 0. The molecule has 0 heterocycles. The second-order valence-electron chi connectivity index (χ2n) is 12.5. The van der Waals surface area contributed by atoms with Gasteiger partial charge in [0.2, 0.25) is 0 Å². The Balaban J connectivity index is 0.00000132. The molecule has 0 amide bonds. The van der Waals surface area contributed by atoms with Crippen LogP contribution in [-0.2, 0) is 0 Å². The maximum atomic E-state index is 10.3. The van der Waals surface area contributed by atoms with E-state index in [1.807, 2.05) is 13.8 Å². The molecule has 0 aromatic heterocycles. The Labute approximate surface area is 194 Å². The lowest BCUT2D eigenvalue weighted by atomic mass is 9.41. The molecule has 0 aromatic rings. The van der Waals surface area contributed by atoms with Gasteiger partial charge in [0.15, 0.2) is 0 Å². The fourth-order valence-electron chi connectivity index (χ4n) is 8.93. The number of hydrogen-bond donors (Lipinski definition) is 2. The van der Waals surface area contributed by atoms with E-state index in [0.29, 0.717) is 16.7 Å². The molecular weight excluding hydrogens is 380 g/mol. The van der Waals surface area contributed by atoms with Crippen molar-refractivity contribution in [2.75, 3.05) is 0 Å². The molecule has 0 aliphatic heterocycles. The van der Waals surface area contributed by atoms with Crippen molar-refractivity contribution >= 4 is 0 Å². The minimum atomic E-state index is -0.116. The molecule has 0 aromatic carbocycles. The highest BCUT2D eigenvalue weighted by Gasteiger charge is 2.58. The van der Waals surface area contributed by atoms with E-state index in [-0.39, 0.29) is 12.2 Å². The predicted molar refractivity (Wildman–Crippen MR) is 132 cm³/mol. The van der Waals surface area contributed by atoms with Crippen LogP contribution < -0.4 is 0 Å². The van der Waals surface area contributed by atoms with Crippen LogP contribution in [0.3, 0.4) is 0 Å². The van der Waals surface area contributed by atoms with Crippen molar-refractivity contribution in [3.8, 4) is 0 Å². The van der Waals surface area contributed by atoms with Crippen molar-refractivity contribution in [3.05, 3.63) is 0 Å². The van der Waals surface area contributed by atoms with E-state index in [1.165, 1.54) is 64.2 Å². The average molecular weight is 435 g/mol. The van der Waals surface area contributed by atoms with E-state index in [4.69, 9.17) is 0 Å². The number of rotatable bonds is 5. The van der Waals surface area contributed by atoms with Gasteiger partial charge in [-0.05, 0) is 117 Å². The number of aliphatic hydroxyl groups is 2. The van der Waals surface area contributed by atoms with Crippen LogP contribution in [0, 0.1) is 46.3 Å². The zero-order chi connectivity index (χ0) is 22.8. The highest BCUT2D eigenvalue weighted by molar-refractivity contribution is 5.08. The first kappa shape index (κ1) is 25.5. The monoisotopic (exact) mass is 434 g/mol. The minimum absolute atomic E-state index is 0.0290. The van der Waals surface area contributed by atoms with E-state index < -0.39 is 0 Å². The molecule has 9 unspecified atom stereocenters. The highest BCUT2D eigenvalue weighted by atomic mass is 16.3. The molecule has 2 heteroatoms. The van der Waals surface area contributed by atoms with Crippen molar-refractivity contribution in [1.29, 1.82) is 0 Å². The van der Waals surface area contributed by atoms with Gasteiger partial charge in [0.1, 0.15) is 0 Å². The van der Waals surface area contributed by atoms with Crippen LogP contribution in [0.5, 0.6) is 0 Å². The van der Waals surface area contributed by atoms with Gasteiger partial charge in [-0.3, -0.25) is 0 Å². The molecule has 0 radical (unpaired) electrons. The van der Waals surface area contributed by atoms with Crippen LogP contribution in [0.4, 0.5) is 0 Å². The van der Waals surface area contributed by atoms with E-state index >= 15 is 0 Å². The summed E-state index contributed by atoms with van der Waals surface area (Å²) in [5.74, 6) is 4.82. The van der Waals surface area contributed by atoms with Crippen molar-refractivity contribution in [1.82, 2.24) is 0 Å². The topological polar surface area (TPSA) is 40.5 Å². The van der Waals surface area contributed by atoms with Gasteiger partial charge < -0.3 is 10.2 Å². The lowest BCUT2D eigenvalue weighted by Gasteiger charge is -2.64. The molecule has 0 spiro atoms. The van der Waals surface area contributed by atoms with Crippen molar-refractivity contribution in [3.63, 3.8) is 0 Å². The fraction of sp³-hybridized carbons (Fsp3) is 1.00. The third-order valence-electron chi connectivity index (χ3n) is 10.9. The smallest absolute Gasteiger partial charge is 0.0563 e. The second-order valence-corrected chi connectivity index (χ2v) is 12.5. The van der Waals surface area contributed by atoms with Gasteiger partial charge in [-0.2, -0.15) is 0 Å². The Morgan fingerprint density at radius 3 is 2.26 bits per heavy atom. The molecule has 4 fully saturated rings. The SMILES string of the molecule is CC.CC(C)C(O)CCCC1CCCC2C3CCC4CC(O)CCC4(C)C3CCC12C.